The summed E-state index contributed by atoms with van der Waals surface area (Å²) in [4.78, 5) is 33.8. The zero-order chi connectivity index (χ0) is 13.3. The van der Waals surface area contributed by atoms with Crippen LogP contribution >= 0.6 is 0 Å². The Bertz CT molecular complexity index is 527. The van der Waals surface area contributed by atoms with Crippen molar-refractivity contribution in [2.45, 2.75) is 6.42 Å². The third-order valence-electron chi connectivity index (χ3n) is 2.88. The summed E-state index contributed by atoms with van der Waals surface area (Å²) in [5.41, 5.74) is 0.532. The van der Waals surface area contributed by atoms with Crippen LogP contribution in [-0.4, -0.2) is 41.4 Å². The fourth-order valence-corrected chi connectivity index (χ4v) is 1.94. The van der Waals surface area contributed by atoms with Crippen LogP contribution in [0.5, 0.6) is 0 Å². The second-order valence-corrected chi connectivity index (χ2v) is 3.94. The van der Waals surface area contributed by atoms with E-state index in [-0.39, 0.29) is 11.5 Å². The fraction of sp³-hybridized carbons (Fsp3) is 0.250. The normalized spacial score (nSPS) is 15.1. The largest absolute Gasteiger partial charge is 0.475 e. The van der Waals surface area contributed by atoms with Gasteiger partial charge >= 0.3 is 5.97 Å². The van der Waals surface area contributed by atoms with Gasteiger partial charge in [-0.2, -0.15) is 0 Å². The lowest BCUT2D eigenvalue weighted by molar-refractivity contribution is -0.131. The number of para-hydroxylation sites is 1. The molecule has 0 radical (unpaired) electrons. The molecule has 0 unspecified atom stereocenters. The molecule has 0 saturated carbocycles. The van der Waals surface area contributed by atoms with Gasteiger partial charge in [0.1, 0.15) is 0 Å². The number of Topliss-reactive ketones (excluding diaryl/α,β-unsaturated/α-hetero) is 1. The van der Waals surface area contributed by atoms with Gasteiger partial charge in [0.15, 0.2) is 0 Å². The molecule has 2 rings (SSSR count). The second-order valence-electron chi connectivity index (χ2n) is 3.94. The number of carbonyl (C=O) groups excluding carboxylic acids is 2. The molecule has 1 N–H and O–H groups in total. The fourth-order valence-electron chi connectivity index (χ4n) is 1.94. The monoisotopic (exact) mass is 248 g/mol. The summed E-state index contributed by atoms with van der Waals surface area (Å²) in [6, 6.07) is 6.37. The van der Waals surface area contributed by atoms with Crippen molar-refractivity contribution in [3.05, 3.63) is 29.8 Å². The molecular formula is C12H12N2O4. The topological polar surface area (TPSA) is 77.9 Å². The number of nitrogens with zero attached hydrogens (tertiary/aromatic N) is 2. The lowest BCUT2D eigenvalue weighted by Crippen LogP contribution is -2.36. The molecule has 18 heavy (non-hydrogen) atoms. The molecule has 1 fully saturated rings. The van der Waals surface area contributed by atoms with Gasteiger partial charge in [-0.15, -0.1) is 0 Å². The Kier molecular flexibility index (Phi) is 3.01. The van der Waals surface area contributed by atoms with Gasteiger partial charge in [-0.1, -0.05) is 12.1 Å². The van der Waals surface area contributed by atoms with Crippen LogP contribution in [0.4, 0.5) is 5.69 Å². The minimum absolute atomic E-state index is 0.0624. The van der Waals surface area contributed by atoms with E-state index < -0.39 is 11.8 Å². The maximum Gasteiger partial charge on any atom is 0.377 e. The summed E-state index contributed by atoms with van der Waals surface area (Å²) in [5, 5.41) is 11.8. The minimum atomic E-state index is -1.50. The SMILES string of the molecule is CN1C(=O)CCN1c1ccccc1C(=O)C(=O)O. The first-order valence-electron chi connectivity index (χ1n) is 5.43. The maximum atomic E-state index is 11.6. The van der Waals surface area contributed by atoms with Gasteiger partial charge < -0.3 is 5.11 Å². The first kappa shape index (κ1) is 12.1. The second kappa shape index (κ2) is 4.48. The lowest BCUT2D eigenvalue weighted by atomic mass is 10.1. The molecule has 1 aliphatic rings. The molecule has 94 valence electrons. The van der Waals surface area contributed by atoms with Gasteiger partial charge in [0.2, 0.25) is 5.91 Å². The Labute approximate surface area is 103 Å². The van der Waals surface area contributed by atoms with E-state index >= 15 is 0 Å². The van der Waals surface area contributed by atoms with E-state index in [9.17, 15) is 14.4 Å². The standard InChI is InChI=1S/C12H12N2O4/c1-13-10(15)6-7-14(13)9-5-3-2-4-8(9)11(16)12(17)18/h2-5H,6-7H2,1H3,(H,17,18). The molecule has 1 aliphatic heterocycles. The number of hydrogen-bond acceptors (Lipinski definition) is 4. The number of hydrogen-bond donors (Lipinski definition) is 1. The molecule has 6 nitrogen and oxygen atoms in total. The Balaban J connectivity index is 2.42. The Hall–Kier alpha value is -2.37. The molecule has 0 bridgehead atoms. The van der Waals surface area contributed by atoms with Crippen LogP contribution in [-0.2, 0) is 9.59 Å². The van der Waals surface area contributed by atoms with Gasteiger partial charge in [0, 0.05) is 20.0 Å². The van der Waals surface area contributed by atoms with Crippen molar-refractivity contribution < 1.29 is 19.5 Å². The Morgan fingerprint density at radius 3 is 2.50 bits per heavy atom. The highest BCUT2D eigenvalue weighted by molar-refractivity contribution is 6.41. The molecule has 1 aromatic rings. The number of carboxylic acids is 1. The van der Waals surface area contributed by atoms with E-state index in [1.165, 1.54) is 11.1 Å². The smallest absolute Gasteiger partial charge is 0.377 e. The number of ketones is 1. The molecule has 1 aromatic carbocycles. The number of amides is 1. The summed E-state index contributed by atoms with van der Waals surface area (Å²) in [6.45, 7) is 0.444. The zero-order valence-corrected chi connectivity index (χ0v) is 9.79. The van der Waals surface area contributed by atoms with E-state index in [4.69, 9.17) is 5.11 Å². The van der Waals surface area contributed by atoms with Crippen LogP contribution in [0.2, 0.25) is 0 Å². The highest BCUT2D eigenvalue weighted by atomic mass is 16.4. The van der Waals surface area contributed by atoms with Crippen LogP contribution < -0.4 is 5.01 Å². The van der Waals surface area contributed by atoms with E-state index in [0.29, 0.717) is 18.7 Å². The maximum absolute atomic E-state index is 11.6. The number of carbonyl (C=O) groups is 3. The highest BCUT2D eigenvalue weighted by Crippen LogP contribution is 2.25. The molecule has 1 heterocycles. The zero-order valence-electron chi connectivity index (χ0n) is 9.79. The third kappa shape index (κ3) is 1.92. The summed E-state index contributed by atoms with van der Waals surface area (Å²) in [6.07, 6.45) is 0.353. The van der Waals surface area contributed by atoms with Crippen LogP contribution in [0.1, 0.15) is 16.8 Å². The van der Waals surface area contributed by atoms with Crippen molar-refractivity contribution in [1.82, 2.24) is 5.01 Å². The van der Waals surface area contributed by atoms with Crippen LogP contribution in [0, 0.1) is 0 Å². The van der Waals surface area contributed by atoms with Gasteiger partial charge in [0.25, 0.3) is 5.78 Å². The summed E-state index contributed by atoms with van der Waals surface area (Å²) in [5.74, 6) is -2.54. The summed E-state index contributed by atoms with van der Waals surface area (Å²) in [7, 11) is 1.59. The van der Waals surface area contributed by atoms with Crippen molar-refractivity contribution in [2.75, 3.05) is 18.6 Å². The molecule has 0 aromatic heterocycles. The highest BCUT2D eigenvalue weighted by Gasteiger charge is 2.29. The van der Waals surface area contributed by atoms with Crippen molar-refractivity contribution in [1.29, 1.82) is 0 Å². The van der Waals surface area contributed by atoms with Gasteiger partial charge in [-0.3, -0.25) is 19.6 Å². The average Bonchev–Trinajstić information content (AvgIpc) is 2.69. The molecule has 0 spiro atoms. The van der Waals surface area contributed by atoms with Gasteiger partial charge in [-0.25, -0.2) is 4.79 Å². The first-order chi connectivity index (χ1) is 8.52. The number of benzene rings is 1. The predicted octanol–water partition coefficient (Wildman–Crippen LogP) is 0.537. The third-order valence-corrected chi connectivity index (χ3v) is 2.88. The van der Waals surface area contributed by atoms with E-state index in [1.807, 2.05) is 0 Å². The van der Waals surface area contributed by atoms with Crippen molar-refractivity contribution >= 4 is 23.3 Å². The Morgan fingerprint density at radius 1 is 1.28 bits per heavy atom. The Morgan fingerprint density at radius 2 is 1.94 bits per heavy atom. The van der Waals surface area contributed by atoms with E-state index in [1.54, 1.807) is 30.3 Å². The molecule has 0 aliphatic carbocycles. The van der Waals surface area contributed by atoms with Crippen LogP contribution in [0.3, 0.4) is 0 Å². The van der Waals surface area contributed by atoms with Crippen molar-refractivity contribution in [2.24, 2.45) is 0 Å². The van der Waals surface area contributed by atoms with Gasteiger partial charge in [-0.05, 0) is 12.1 Å². The molecule has 1 amide bonds. The van der Waals surface area contributed by atoms with E-state index in [2.05, 4.69) is 0 Å². The molecule has 0 atom stereocenters. The number of hydrazine groups is 1. The lowest BCUT2D eigenvalue weighted by Gasteiger charge is -2.27. The number of carboxylic acid groups (broad SMARTS) is 1. The number of rotatable bonds is 3. The van der Waals surface area contributed by atoms with E-state index in [0.717, 1.165) is 0 Å². The van der Waals surface area contributed by atoms with Crippen LogP contribution in [0.15, 0.2) is 24.3 Å². The average molecular weight is 248 g/mol. The quantitative estimate of drug-likeness (QED) is 0.624. The minimum Gasteiger partial charge on any atom is -0.475 e. The van der Waals surface area contributed by atoms with Crippen molar-refractivity contribution in [3.8, 4) is 0 Å². The number of aliphatic carboxylic acids is 1. The molecule has 6 heteroatoms. The molecule has 1 saturated heterocycles. The summed E-state index contributed by atoms with van der Waals surface area (Å²) >= 11 is 0. The summed E-state index contributed by atoms with van der Waals surface area (Å²) < 4.78 is 0. The van der Waals surface area contributed by atoms with Gasteiger partial charge in [0.05, 0.1) is 11.3 Å². The molecular weight excluding hydrogens is 236 g/mol. The van der Waals surface area contributed by atoms with Crippen LogP contribution in [0.25, 0.3) is 0 Å². The van der Waals surface area contributed by atoms with Crippen molar-refractivity contribution in [3.63, 3.8) is 0 Å². The number of anilines is 1. The first-order valence-corrected chi connectivity index (χ1v) is 5.43. The predicted molar refractivity (Wildman–Crippen MR) is 63.1 cm³/mol.